The van der Waals surface area contributed by atoms with Crippen molar-refractivity contribution < 1.29 is 4.42 Å². The van der Waals surface area contributed by atoms with Crippen molar-refractivity contribution in [1.82, 2.24) is 4.90 Å². The van der Waals surface area contributed by atoms with E-state index >= 15 is 0 Å². The largest absolute Gasteiger partial charge is 0.465 e. The summed E-state index contributed by atoms with van der Waals surface area (Å²) in [4.78, 5) is 2.39. The highest BCUT2D eigenvalue weighted by Gasteiger charge is 2.23. The van der Waals surface area contributed by atoms with Crippen LogP contribution in [-0.2, 0) is 13.0 Å². The highest BCUT2D eigenvalue weighted by atomic mass is 16.3. The van der Waals surface area contributed by atoms with E-state index < -0.39 is 0 Å². The first-order valence-corrected chi connectivity index (χ1v) is 6.24. The van der Waals surface area contributed by atoms with Gasteiger partial charge in [0, 0.05) is 19.0 Å². The summed E-state index contributed by atoms with van der Waals surface area (Å²) in [6.45, 7) is 7.38. The molecular formula is C13H22N2O. The Hall–Kier alpha value is -0.800. The molecule has 0 bridgehead atoms. The molecule has 2 rings (SSSR count). The number of rotatable bonds is 3. The van der Waals surface area contributed by atoms with E-state index in [1.54, 1.807) is 0 Å². The maximum atomic E-state index is 6.08. The first kappa shape index (κ1) is 11.7. The summed E-state index contributed by atoms with van der Waals surface area (Å²) in [6.07, 6.45) is 2.17. The fourth-order valence-electron chi connectivity index (χ4n) is 2.23. The van der Waals surface area contributed by atoms with Crippen LogP contribution < -0.4 is 5.73 Å². The lowest BCUT2D eigenvalue weighted by Crippen LogP contribution is -2.47. The zero-order valence-electron chi connectivity index (χ0n) is 10.3. The number of aryl methyl sites for hydroxylation is 1. The molecule has 0 aromatic carbocycles. The molecule has 16 heavy (non-hydrogen) atoms. The van der Waals surface area contributed by atoms with Crippen molar-refractivity contribution in [2.45, 2.75) is 39.3 Å². The van der Waals surface area contributed by atoms with Gasteiger partial charge in [0.05, 0.1) is 6.54 Å². The molecule has 0 radical (unpaired) electrons. The topological polar surface area (TPSA) is 42.4 Å². The van der Waals surface area contributed by atoms with Crippen LogP contribution in [0.1, 0.15) is 31.8 Å². The Balaban J connectivity index is 1.90. The van der Waals surface area contributed by atoms with E-state index in [1.165, 1.54) is 6.42 Å². The molecule has 1 aromatic rings. The molecule has 90 valence electrons. The molecule has 1 aliphatic heterocycles. The Morgan fingerprint density at radius 2 is 2.19 bits per heavy atom. The Bertz CT molecular complexity index is 334. The molecule has 3 nitrogen and oxygen atoms in total. The lowest BCUT2D eigenvalue weighted by molar-refractivity contribution is 0.152. The summed E-state index contributed by atoms with van der Waals surface area (Å²) in [7, 11) is 0. The third-order valence-electron chi connectivity index (χ3n) is 3.55. The van der Waals surface area contributed by atoms with Crippen molar-refractivity contribution in [3.63, 3.8) is 0 Å². The molecule has 2 heterocycles. The van der Waals surface area contributed by atoms with Crippen LogP contribution in [0.15, 0.2) is 16.5 Å². The summed E-state index contributed by atoms with van der Waals surface area (Å²) in [5.74, 6) is 2.79. The summed E-state index contributed by atoms with van der Waals surface area (Å²) in [6, 6.07) is 4.47. The molecule has 0 spiro atoms. The van der Waals surface area contributed by atoms with Crippen LogP contribution in [0.5, 0.6) is 0 Å². The summed E-state index contributed by atoms with van der Waals surface area (Å²) in [5.41, 5.74) is 6.08. The van der Waals surface area contributed by atoms with Crippen LogP contribution in [-0.4, -0.2) is 24.0 Å². The van der Waals surface area contributed by atoms with Gasteiger partial charge in [0.1, 0.15) is 11.5 Å². The van der Waals surface area contributed by atoms with Gasteiger partial charge in [-0.3, -0.25) is 4.90 Å². The Kier molecular flexibility index (Phi) is 3.66. The van der Waals surface area contributed by atoms with E-state index in [9.17, 15) is 0 Å². The Morgan fingerprint density at radius 3 is 2.81 bits per heavy atom. The van der Waals surface area contributed by atoms with Gasteiger partial charge < -0.3 is 10.2 Å². The zero-order chi connectivity index (χ0) is 11.5. The summed E-state index contributed by atoms with van der Waals surface area (Å²) < 4.78 is 5.72. The standard InChI is InChI=1S/C13H22N2O/c1-3-11-4-5-12(16-11)8-15-7-6-10(2)13(14)9-15/h4-5,10,13H,3,6-9,14H2,1-2H3. The Labute approximate surface area is 97.6 Å². The zero-order valence-corrected chi connectivity index (χ0v) is 10.3. The number of piperidine rings is 1. The van der Waals surface area contributed by atoms with Crippen LogP contribution in [0.25, 0.3) is 0 Å². The number of hydrogen-bond acceptors (Lipinski definition) is 3. The third kappa shape index (κ3) is 2.66. The average molecular weight is 222 g/mol. The predicted octanol–water partition coefficient (Wildman–Crippen LogP) is 2.01. The molecule has 1 aliphatic rings. The van der Waals surface area contributed by atoms with Crippen molar-refractivity contribution in [3.8, 4) is 0 Å². The minimum atomic E-state index is 0.314. The van der Waals surface area contributed by atoms with Gasteiger partial charge in [-0.15, -0.1) is 0 Å². The smallest absolute Gasteiger partial charge is 0.118 e. The van der Waals surface area contributed by atoms with E-state index in [2.05, 4.69) is 30.9 Å². The van der Waals surface area contributed by atoms with Crippen molar-refractivity contribution in [1.29, 1.82) is 0 Å². The maximum absolute atomic E-state index is 6.08. The van der Waals surface area contributed by atoms with E-state index in [0.29, 0.717) is 12.0 Å². The highest BCUT2D eigenvalue weighted by Crippen LogP contribution is 2.18. The van der Waals surface area contributed by atoms with Gasteiger partial charge in [-0.25, -0.2) is 0 Å². The van der Waals surface area contributed by atoms with E-state index in [4.69, 9.17) is 10.2 Å². The van der Waals surface area contributed by atoms with Crippen LogP contribution in [0.4, 0.5) is 0 Å². The molecule has 0 amide bonds. The number of hydrogen-bond donors (Lipinski definition) is 1. The quantitative estimate of drug-likeness (QED) is 0.850. The van der Waals surface area contributed by atoms with E-state index in [0.717, 1.165) is 37.6 Å². The van der Waals surface area contributed by atoms with Gasteiger partial charge in [-0.2, -0.15) is 0 Å². The normalized spacial score (nSPS) is 27.2. The van der Waals surface area contributed by atoms with Crippen molar-refractivity contribution >= 4 is 0 Å². The molecule has 3 heteroatoms. The lowest BCUT2D eigenvalue weighted by atomic mass is 9.94. The van der Waals surface area contributed by atoms with Crippen molar-refractivity contribution in [3.05, 3.63) is 23.7 Å². The number of likely N-dealkylation sites (tertiary alicyclic amines) is 1. The minimum absolute atomic E-state index is 0.314. The molecular weight excluding hydrogens is 200 g/mol. The van der Waals surface area contributed by atoms with Crippen LogP contribution >= 0.6 is 0 Å². The molecule has 1 saturated heterocycles. The fraction of sp³-hybridized carbons (Fsp3) is 0.692. The first-order chi connectivity index (χ1) is 7.69. The second-order valence-electron chi connectivity index (χ2n) is 4.89. The maximum Gasteiger partial charge on any atom is 0.118 e. The van der Waals surface area contributed by atoms with Crippen molar-refractivity contribution in [2.24, 2.45) is 11.7 Å². The molecule has 2 unspecified atom stereocenters. The Morgan fingerprint density at radius 1 is 1.44 bits per heavy atom. The summed E-state index contributed by atoms with van der Waals surface area (Å²) >= 11 is 0. The third-order valence-corrected chi connectivity index (χ3v) is 3.55. The molecule has 2 atom stereocenters. The SMILES string of the molecule is CCc1ccc(CN2CCC(C)C(N)C2)o1. The second kappa shape index (κ2) is 5.02. The number of nitrogens with zero attached hydrogens (tertiary/aromatic N) is 1. The number of nitrogens with two attached hydrogens (primary N) is 1. The van der Waals surface area contributed by atoms with E-state index in [-0.39, 0.29) is 0 Å². The van der Waals surface area contributed by atoms with Gasteiger partial charge in [0.15, 0.2) is 0 Å². The minimum Gasteiger partial charge on any atom is -0.465 e. The predicted molar refractivity (Wildman–Crippen MR) is 65.1 cm³/mol. The van der Waals surface area contributed by atoms with Crippen LogP contribution in [0, 0.1) is 5.92 Å². The summed E-state index contributed by atoms with van der Waals surface area (Å²) in [5, 5.41) is 0. The molecule has 1 fully saturated rings. The second-order valence-corrected chi connectivity index (χ2v) is 4.89. The molecule has 0 saturated carbocycles. The first-order valence-electron chi connectivity index (χ1n) is 6.24. The van der Waals surface area contributed by atoms with Gasteiger partial charge >= 0.3 is 0 Å². The monoisotopic (exact) mass is 222 g/mol. The number of furan rings is 1. The highest BCUT2D eigenvalue weighted by molar-refractivity contribution is 5.07. The lowest BCUT2D eigenvalue weighted by Gasteiger charge is -2.34. The molecule has 0 aliphatic carbocycles. The van der Waals surface area contributed by atoms with Gasteiger partial charge in [0.25, 0.3) is 0 Å². The van der Waals surface area contributed by atoms with E-state index in [1.807, 2.05) is 0 Å². The van der Waals surface area contributed by atoms with Gasteiger partial charge in [-0.1, -0.05) is 13.8 Å². The van der Waals surface area contributed by atoms with Gasteiger partial charge in [0.2, 0.25) is 0 Å². The van der Waals surface area contributed by atoms with Crippen molar-refractivity contribution in [2.75, 3.05) is 13.1 Å². The van der Waals surface area contributed by atoms with Crippen LogP contribution in [0.3, 0.4) is 0 Å². The molecule has 2 N–H and O–H groups in total. The van der Waals surface area contributed by atoms with Gasteiger partial charge in [-0.05, 0) is 31.0 Å². The molecule has 1 aromatic heterocycles. The van der Waals surface area contributed by atoms with Crippen LogP contribution in [0.2, 0.25) is 0 Å². The average Bonchev–Trinajstić information content (AvgIpc) is 2.71. The fourth-order valence-corrected chi connectivity index (χ4v) is 2.23.